The van der Waals surface area contributed by atoms with Gasteiger partial charge in [0.2, 0.25) is 11.8 Å². The van der Waals surface area contributed by atoms with Gasteiger partial charge in [-0.05, 0) is 37.1 Å². The summed E-state index contributed by atoms with van der Waals surface area (Å²) in [6.07, 6.45) is 0. The Morgan fingerprint density at radius 3 is 2.70 bits per heavy atom. The summed E-state index contributed by atoms with van der Waals surface area (Å²) in [4.78, 5) is 0. The molecule has 30 heavy (non-hydrogen) atoms. The van der Waals surface area contributed by atoms with Crippen LogP contribution >= 0.6 is 0 Å². The van der Waals surface area contributed by atoms with Crippen LogP contribution in [-0.4, -0.2) is 16.8 Å². The molecule has 3 aromatic rings. The number of nitrogens with zero attached hydrogens (tertiary/aromatic N) is 2. The minimum Gasteiger partial charge on any atom is -0.490 e. The average Bonchev–Trinajstić information content (AvgIpc) is 3.13. The lowest BCUT2D eigenvalue weighted by Crippen LogP contribution is -2.21. The van der Waals surface area contributed by atoms with Crippen LogP contribution in [0.3, 0.4) is 0 Å². The van der Waals surface area contributed by atoms with Crippen molar-refractivity contribution in [1.29, 1.82) is 5.26 Å². The summed E-state index contributed by atoms with van der Waals surface area (Å²) >= 11 is 0. The topological polar surface area (TPSA) is 106 Å². The lowest BCUT2D eigenvalue weighted by atomic mass is 9.84. The molecule has 152 valence electrons. The second-order valence-electron chi connectivity index (χ2n) is 6.91. The second kappa shape index (κ2) is 8.21. The summed E-state index contributed by atoms with van der Waals surface area (Å²) in [6, 6.07) is 17.8. The highest BCUT2D eigenvalue weighted by Gasteiger charge is 2.34. The first-order valence-electron chi connectivity index (χ1n) is 9.68. The van der Waals surface area contributed by atoms with Crippen molar-refractivity contribution in [3.63, 3.8) is 0 Å². The molecular formula is C23H22N4O3. The van der Waals surface area contributed by atoms with E-state index in [1.165, 1.54) is 0 Å². The van der Waals surface area contributed by atoms with Crippen LogP contribution in [0, 0.1) is 18.3 Å². The number of benzene rings is 2. The summed E-state index contributed by atoms with van der Waals surface area (Å²) in [5, 5.41) is 16.8. The number of aryl methyl sites for hydroxylation is 1. The van der Waals surface area contributed by atoms with E-state index >= 15 is 0 Å². The Morgan fingerprint density at radius 1 is 1.17 bits per heavy atom. The van der Waals surface area contributed by atoms with Gasteiger partial charge in [-0.3, -0.25) is 5.10 Å². The van der Waals surface area contributed by atoms with Crippen LogP contribution in [-0.2, 0) is 6.61 Å². The number of aromatic nitrogens is 2. The summed E-state index contributed by atoms with van der Waals surface area (Å²) in [6.45, 7) is 4.72. The van der Waals surface area contributed by atoms with Gasteiger partial charge < -0.3 is 19.9 Å². The molecule has 1 aliphatic heterocycles. The van der Waals surface area contributed by atoms with Crippen molar-refractivity contribution >= 4 is 0 Å². The van der Waals surface area contributed by atoms with E-state index in [4.69, 9.17) is 19.9 Å². The smallest absolute Gasteiger partial charge is 0.244 e. The van der Waals surface area contributed by atoms with E-state index in [2.05, 4.69) is 16.3 Å². The fraction of sp³-hybridized carbons (Fsp3) is 0.217. The SMILES string of the molecule is CCOc1ccc(C2C(C#N)=C(N)Oc3n[nH]c(C)c32)cc1OCc1ccccc1. The summed E-state index contributed by atoms with van der Waals surface area (Å²) < 4.78 is 17.4. The number of nitrogens with two attached hydrogens (primary N) is 1. The van der Waals surface area contributed by atoms with Gasteiger partial charge in [-0.1, -0.05) is 36.4 Å². The normalized spacial score (nSPS) is 15.2. The van der Waals surface area contributed by atoms with E-state index in [-0.39, 0.29) is 5.88 Å². The molecule has 0 saturated heterocycles. The molecule has 4 rings (SSSR count). The van der Waals surface area contributed by atoms with Gasteiger partial charge in [0.05, 0.1) is 12.5 Å². The first-order valence-corrected chi connectivity index (χ1v) is 9.68. The highest BCUT2D eigenvalue weighted by Crippen LogP contribution is 2.44. The van der Waals surface area contributed by atoms with Gasteiger partial charge in [-0.25, -0.2) is 0 Å². The zero-order valence-corrected chi connectivity index (χ0v) is 16.8. The van der Waals surface area contributed by atoms with Crippen LogP contribution in [0.1, 0.15) is 35.2 Å². The molecule has 0 fully saturated rings. The third-order valence-electron chi connectivity index (χ3n) is 4.97. The Bertz CT molecular complexity index is 1130. The summed E-state index contributed by atoms with van der Waals surface area (Å²) in [5.41, 5.74) is 9.85. The van der Waals surface area contributed by atoms with Gasteiger partial charge in [0.15, 0.2) is 11.5 Å². The maximum Gasteiger partial charge on any atom is 0.244 e. The number of nitrogens with one attached hydrogen (secondary N) is 1. The number of hydrogen-bond acceptors (Lipinski definition) is 6. The average molecular weight is 402 g/mol. The van der Waals surface area contributed by atoms with E-state index in [0.29, 0.717) is 36.2 Å². The number of nitriles is 1. The summed E-state index contributed by atoms with van der Waals surface area (Å²) in [7, 11) is 0. The molecule has 1 aromatic heterocycles. The molecule has 0 aliphatic carbocycles. The molecule has 1 atom stereocenters. The molecule has 3 N–H and O–H groups in total. The van der Waals surface area contributed by atoms with Crippen molar-refractivity contribution < 1.29 is 14.2 Å². The Balaban J connectivity index is 1.75. The highest BCUT2D eigenvalue weighted by molar-refractivity contribution is 5.57. The Hall–Kier alpha value is -3.92. The number of hydrogen-bond donors (Lipinski definition) is 2. The lowest BCUT2D eigenvalue weighted by molar-refractivity contribution is 0.269. The van der Waals surface area contributed by atoms with Crippen LogP contribution in [0.5, 0.6) is 17.4 Å². The third kappa shape index (κ3) is 3.55. The second-order valence-corrected chi connectivity index (χ2v) is 6.91. The predicted molar refractivity (Wildman–Crippen MR) is 111 cm³/mol. The molecule has 0 bridgehead atoms. The fourth-order valence-corrected chi connectivity index (χ4v) is 3.56. The maximum absolute atomic E-state index is 9.75. The van der Waals surface area contributed by atoms with Crippen LogP contribution in [0.2, 0.25) is 0 Å². The zero-order chi connectivity index (χ0) is 21.1. The van der Waals surface area contributed by atoms with Gasteiger partial charge in [0.1, 0.15) is 18.2 Å². The van der Waals surface area contributed by atoms with Crippen LogP contribution in [0.4, 0.5) is 0 Å². The molecular weight excluding hydrogens is 380 g/mol. The largest absolute Gasteiger partial charge is 0.490 e. The maximum atomic E-state index is 9.75. The molecule has 0 saturated carbocycles. The van der Waals surface area contributed by atoms with Crippen LogP contribution in [0.15, 0.2) is 60.0 Å². The highest BCUT2D eigenvalue weighted by atomic mass is 16.5. The number of H-pyrrole nitrogens is 1. The van der Waals surface area contributed by atoms with Gasteiger partial charge in [0, 0.05) is 11.3 Å². The van der Waals surface area contributed by atoms with Crippen molar-refractivity contribution in [2.75, 3.05) is 6.61 Å². The van der Waals surface area contributed by atoms with Crippen LogP contribution < -0.4 is 19.9 Å². The number of rotatable bonds is 6. The molecule has 1 unspecified atom stereocenters. The standard InChI is InChI=1S/C23H22N4O3/c1-3-28-18-10-9-16(11-19(18)29-13-15-7-5-4-6-8-15)21-17(12-24)22(25)30-23-20(21)14(2)26-27-23/h4-11,21H,3,13,25H2,1-2H3,(H,26,27). The molecule has 0 spiro atoms. The number of ether oxygens (including phenoxy) is 3. The van der Waals surface area contributed by atoms with E-state index < -0.39 is 5.92 Å². The van der Waals surface area contributed by atoms with Crippen molar-refractivity contribution in [3.8, 4) is 23.4 Å². The van der Waals surface area contributed by atoms with Gasteiger partial charge in [-0.15, -0.1) is 5.10 Å². The van der Waals surface area contributed by atoms with Crippen molar-refractivity contribution in [2.45, 2.75) is 26.4 Å². The van der Waals surface area contributed by atoms with Gasteiger partial charge >= 0.3 is 0 Å². The van der Waals surface area contributed by atoms with E-state index in [1.54, 1.807) is 0 Å². The quantitative estimate of drug-likeness (QED) is 0.647. The molecule has 0 amide bonds. The van der Waals surface area contributed by atoms with Crippen LogP contribution in [0.25, 0.3) is 0 Å². The molecule has 0 radical (unpaired) electrons. The first-order chi connectivity index (χ1) is 14.6. The molecule has 7 heteroatoms. The van der Waals surface area contributed by atoms with Crippen molar-refractivity contribution in [3.05, 3.63) is 82.4 Å². The monoisotopic (exact) mass is 402 g/mol. The van der Waals surface area contributed by atoms with Gasteiger partial charge in [-0.2, -0.15) is 5.26 Å². The fourth-order valence-electron chi connectivity index (χ4n) is 3.56. The Morgan fingerprint density at radius 2 is 1.97 bits per heavy atom. The number of allylic oxidation sites excluding steroid dienone is 1. The minimum absolute atomic E-state index is 0.0575. The Labute approximate surface area is 174 Å². The predicted octanol–water partition coefficient (Wildman–Crippen LogP) is 3.91. The summed E-state index contributed by atoms with van der Waals surface area (Å²) in [5.74, 6) is 1.27. The van der Waals surface area contributed by atoms with E-state index in [9.17, 15) is 5.26 Å². The van der Waals surface area contributed by atoms with E-state index in [0.717, 1.165) is 22.4 Å². The molecule has 2 aromatic carbocycles. The Kier molecular flexibility index (Phi) is 5.31. The minimum atomic E-state index is -0.410. The third-order valence-corrected chi connectivity index (χ3v) is 4.97. The zero-order valence-electron chi connectivity index (χ0n) is 16.8. The molecule has 1 aliphatic rings. The first kappa shape index (κ1) is 19.4. The van der Waals surface area contributed by atoms with Crippen molar-refractivity contribution in [1.82, 2.24) is 10.2 Å². The van der Waals surface area contributed by atoms with Gasteiger partial charge in [0.25, 0.3) is 0 Å². The van der Waals surface area contributed by atoms with E-state index in [1.807, 2.05) is 62.4 Å². The molecule has 7 nitrogen and oxygen atoms in total. The molecule has 2 heterocycles. The number of fused-ring (bicyclic) bond motifs is 1. The lowest BCUT2D eigenvalue weighted by Gasteiger charge is -2.24. The van der Waals surface area contributed by atoms with Crippen molar-refractivity contribution in [2.24, 2.45) is 5.73 Å². The number of aromatic amines is 1.